The second-order valence-corrected chi connectivity index (χ2v) is 11.2. The molecule has 2 aliphatic rings. The fourth-order valence-corrected chi connectivity index (χ4v) is 6.54. The fraction of sp³-hybridized carbons (Fsp3) is 0.423. The van der Waals surface area contributed by atoms with Crippen molar-refractivity contribution in [3.63, 3.8) is 0 Å². The average molecular weight is 495 g/mol. The monoisotopic (exact) mass is 494 g/mol. The van der Waals surface area contributed by atoms with Gasteiger partial charge in [0.05, 0.1) is 18.1 Å². The van der Waals surface area contributed by atoms with Crippen molar-refractivity contribution in [2.45, 2.75) is 47.9 Å². The lowest BCUT2D eigenvalue weighted by Crippen LogP contribution is -2.37. The highest BCUT2D eigenvalue weighted by molar-refractivity contribution is 7.99. The van der Waals surface area contributed by atoms with Crippen LogP contribution in [0, 0.1) is 5.92 Å². The Morgan fingerprint density at radius 1 is 1.18 bits per heavy atom. The number of pyridine rings is 2. The van der Waals surface area contributed by atoms with E-state index in [9.17, 15) is 4.79 Å². The predicted molar refractivity (Wildman–Crippen MR) is 140 cm³/mol. The van der Waals surface area contributed by atoms with Crippen LogP contribution in [0.15, 0.2) is 52.4 Å². The molecule has 1 aliphatic heterocycles. The number of thioether (sulfide) groups is 2. The number of nitrogens with one attached hydrogen (secondary N) is 2. The highest BCUT2D eigenvalue weighted by Gasteiger charge is 2.23. The van der Waals surface area contributed by atoms with E-state index in [1.807, 2.05) is 54.0 Å². The maximum Gasteiger partial charge on any atom is 0.251 e. The maximum absolute atomic E-state index is 12.8. The molecule has 2 aromatic heterocycles. The Labute approximate surface area is 209 Å². The molecule has 0 bridgehead atoms. The Kier molecular flexibility index (Phi) is 7.45. The van der Waals surface area contributed by atoms with Crippen LogP contribution in [0.3, 0.4) is 0 Å². The van der Waals surface area contributed by atoms with E-state index in [-0.39, 0.29) is 11.9 Å². The molecule has 1 aromatic carbocycles. The zero-order chi connectivity index (χ0) is 23.3. The molecular weight excluding hydrogens is 464 g/mol. The van der Waals surface area contributed by atoms with Gasteiger partial charge in [0.25, 0.3) is 5.91 Å². The summed E-state index contributed by atoms with van der Waals surface area (Å²) in [6.07, 6.45) is 7.57. The van der Waals surface area contributed by atoms with Crippen LogP contribution in [-0.2, 0) is 0 Å². The van der Waals surface area contributed by atoms with Gasteiger partial charge >= 0.3 is 0 Å². The Morgan fingerprint density at radius 2 is 2.06 bits per heavy atom. The van der Waals surface area contributed by atoms with E-state index in [4.69, 9.17) is 4.74 Å². The van der Waals surface area contributed by atoms with Crippen molar-refractivity contribution in [3.8, 4) is 5.88 Å². The minimum Gasteiger partial charge on any atom is -0.481 e. The number of carbonyl (C=O) groups is 1. The first kappa shape index (κ1) is 23.3. The quantitative estimate of drug-likeness (QED) is 0.412. The second-order valence-electron chi connectivity index (χ2n) is 8.88. The van der Waals surface area contributed by atoms with Crippen molar-refractivity contribution < 1.29 is 9.53 Å². The van der Waals surface area contributed by atoms with Crippen LogP contribution in [0.4, 0.5) is 5.69 Å². The summed E-state index contributed by atoms with van der Waals surface area (Å²) >= 11 is 3.69. The molecule has 8 heteroatoms. The number of benzene rings is 1. The molecule has 1 amide bonds. The number of aromatic nitrogens is 2. The van der Waals surface area contributed by atoms with Gasteiger partial charge in [-0.2, -0.15) is 0 Å². The Morgan fingerprint density at radius 3 is 2.91 bits per heavy atom. The minimum atomic E-state index is 0.0493. The number of hydrogen-bond acceptors (Lipinski definition) is 7. The van der Waals surface area contributed by atoms with Crippen molar-refractivity contribution in [1.29, 1.82) is 0 Å². The summed E-state index contributed by atoms with van der Waals surface area (Å²) in [5, 5.41) is 6.66. The molecule has 6 nitrogen and oxygen atoms in total. The molecule has 5 rings (SSSR count). The van der Waals surface area contributed by atoms with E-state index in [1.54, 1.807) is 7.11 Å². The lowest BCUT2D eigenvalue weighted by Gasteiger charge is -2.29. The molecule has 3 heterocycles. The normalized spacial score (nSPS) is 19.8. The van der Waals surface area contributed by atoms with Crippen LogP contribution in [0.1, 0.15) is 42.5 Å². The van der Waals surface area contributed by atoms with Crippen molar-refractivity contribution in [2.75, 3.05) is 30.5 Å². The summed E-state index contributed by atoms with van der Waals surface area (Å²) < 4.78 is 5.23. The number of carbonyl (C=O) groups excluding carboxylic acids is 1. The highest BCUT2D eigenvalue weighted by Crippen LogP contribution is 2.33. The summed E-state index contributed by atoms with van der Waals surface area (Å²) in [6, 6.07) is 12.2. The van der Waals surface area contributed by atoms with Gasteiger partial charge in [0, 0.05) is 51.6 Å². The van der Waals surface area contributed by atoms with E-state index in [0.717, 1.165) is 64.0 Å². The standard InChI is InChI=1S/C26H30N4O2S2/c1-32-25-9-7-21-22(30-25)15-20(16-28-21)33-12-10-17-2-5-19(6-3-17)29-26(31)18-4-8-24-23(14-18)27-11-13-34-24/h4,7-9,14-17,19,27H,2-3,5-6,10-13H2,1H3,(H,29,31). The second kappa shape index (κ2) is 10.9. The van der Waals surface area contributed by atoms with Gasteiger partial charge in [-0.05, 0) is 74.1 Å². The van der Waals surface area contributed by atoms with Gasteiger partial charge in [0.1, 0.15) is 0 Å². The number of fused-ring (bicyclic) bond motifs is 2. The molecule has 34 heavy (non-hydrogen) atoms. The maximum atomic E-state index is 12.8. The lowest BCUT2D eigenvalue weighted by atomic mass is 9.84. The molecule has 0 unspecified atom stereocenters. The summed E-state index contributed by atoms with van der Waals surface area (Å²) in [4.78, 5) is 24.2. The zero-order valence-electron chi connectivity index (χ0n) is 19.4. The minimum absolute atomic E-state index is 0.0493. The van der Waals surface area contributed by atoms with Crippen LogP contribution in [0.25, 0.3) is 11.0 Å². The number of hydrogen-bond donors (Lipinski definition) is 2. The van der Waals surface area contributed by atoms with Crippen LogP contribution in [-0.4, -0.2) is 47.1 Å². The molecule has 0 radical (unpaired) electrons. The molecule has 1 fully saturated rings. The van der Waals surface area contributed by atoms with Crippen molar-refractivity contribution >= 4 is 46.2 Å². The van der Waals surface area contributed by atoms with Gasteiger partial charge in [-0.3, -0.25) is 9.78 Å². The molecule has 3 aromatic rings. The summed E-state index contributed by atoms with van der Waals surface area (Å²) in [7, 11) is 1.63. The molecule has 1 aliphatic carbocycles. The van der Waals surface area contributed by atoms with Crippen LogP contribution in [0.5, 0.6) is 5.88 Å². The predicted octanol–water partition coefficient (Wildman–Crippen LogP) is 5.63. The number of nitrogens with zero attached hydrogens (tertiary/aromatic N) is 2. The topological polar surface area (TPSA) is 76.1 Å². The Bertz CT molecular complexity index is 1160. The molecule has 1 saturated carbocycles. The third-order valence-corrected chi connectivity index (χ3v) is 8.66. The number of anilines is 1. The highest BCUT2D eigenvalue weighted by atomic mass is 32.2. The third kappa shape index (κ3) is 5.61. The molecule has 0 saturated heterocycles. The molecular formula is C26H30N4O2S2. The molecule has 0 atom stereocenters. The van der Waals surface area contributed by atoms with E-state index in [1.165, 1.54) is 24.2 Å². The molecule has 0 spiro atoms. The van der Waals surface area contributed by atoms with Crippen LogP contribution >= 0.6 is 23.5 Å². The fourth-order valence-electron chi connectivity index (χ4n) is 4.65. The van der Waals surface area contributed by atoms with Crippen molar-refractivity contribution in [1.82, 2.24) is 15.3 Å². The summed E-state index contributed by atoms with van der Waals surface area (Å²) in [5.41, 5.74) is 3.59. The first-order valence-electron chi connectivity index (χ1n) is 11.9. The zero-order valence-corrected chi connectivity index (χ0v) is 21.0. The number of methoxy groups -OCH3 is 1. The van der Waals surface area contributed by atoms with Gasteiger partial charge in [-0.25, -0.2) is 4.98 Å². The molecule has 2 N–H and O–H groups in total. The van der Waals surface area contributed by atoms with E-state index in [2.05, 4.69) is 32.7 Å². The van der Waals surface area contributed by atoms with Crippen molar-refractivity contribution in [3.05, 3.63) is 48.2 Å². The van der Waals surface area contributed by atoms with E-state index < -0.39 is 0 Å². The Balaban J connectivity index is 1.07. The first-order chi connectivity index (χ1) is 16.7. The number of rotatable bonds is 7. The lowest BCUT2D eigenvalue weighted by molar-refractivity contribution is 0.0921. The van der Waals surface area contributed by atoms with Gasteiger partial charge < -0.3 is 15.4 Å². The smallest absolute Gasteiger partial charge is 0.251 e. The van der Waals surface area contributed by atoms with E-state index in [0.29, 0.717) is 5.88 Å². The average Bonchev–Trinajstić information content (AvgIpc) is 2.89. The van der Waals surface area contributed by atoms with Crippen molar-refractivity contribution in [2.24, 2.45) is 5.92 Å². The Hall–Kier alpha value is -2.45. The van der Waals surface area contributed by atoms with Gasteiger partial charge in [-0.15, -0.1) is 23.5 Å². The van der Waals surface area contributed by atoms with Gasteiger partial charge in [-0.1, -0.05) is 0 Å². The van der Waals surface area contributed by atoms with Crippen LogP contribution in [0.2, 0.25) is 0 Å². The summed E-state index contributed by atoms with van der Waals surface area (Å²) in [5.74, 6) is 3.53. The third-order valence-electron chi connectivity index (χ3n) is 6.59. The largest absolute Gasteiger partial charge is 0.481 e. The number of amides is 1. The summed E-state index contributed by atoms with van der Waals surface area (Å²) in [6.45, 7) is 0.952. The molecule has 178 valence electrons. The number of ether oxygens (including phenoxy) is 1. The van der Waals surface area contributed by atoms with E-state index >= 15 is 0 Å². The van der Waals surface area contributed by atoms with Crippen LogP contribution < -0.4 is 15.4 Å². The SMILES string of the molecule is COc1ccc2ncc(SCCC3CCC(NC(=O)c4ccc5c(c4)NCCS5)CC3)cc2n1. The van der Waals surface area contributed by atoms with Gasteiger partial charge in [0.15, 0.2) is 0 Å². The first-order valence-corrected chi connectivity index (χ1v) is 13.9. The van der Waals surface area contributed by atoms with Gasteiger partial charge in [0.2, 0.25) is 5.88 Å².